The van der Waals surface area contributed by atoms with E-state index in [1.807, 2.05) is 12.1 Å². The maximum absolute atomic E-state index is 12.3. The Bertz CT molecular complexity index is 767. The summed E-state index contributed by atoms with van der Waals surface area (Å²) in [5.74, 6) is 1.40. The number of aromatic amines is 1. The predicted molar refractivity (Wildman–Crippen MR) is 81.2 cm³/mol. The van der Waals surface area contributed by atoms with Gasteiger partial charge in [-0.3, -0.25) is 9.59 Å². The van der Waals surface area contributed by atoms with Crippen LogP contribution in [0.3, 0.4) is 0 Å². The van der Waals surface area contributed by atoms with Crippen molar-refractivity contribution in [2.75, 3.05) is 18.4 Å². The molecule has 1 aliphatic carbocycles. The smallest absolute Gasteiger partial charge is 0.255 e. The van der Waals surface area contributed by atoms with Crippen LogP contribution in [0.1, 0.15) is 6.42 Å². The van der Waals surface area contributed by atoms with E-state index in [4.69, 9.17) is 0 Å². The first-order chi connectivity index (χ1) is 10.2. The van der Waals surface area contributed by atoms with Crippen LogP contribution in [0.25, 0.3) is 10.8 Å². The molecule has 5 nitrogen and oxygen atoms in total. The highest BCUT2D eigenvalue weighted by Gasteiger charge is 2.47. The molecule has 1 aromatic carbocycles. The van der Waals surface area contributed by atoms with Crippen LogP contribution in [0.4, 0.5) is 5.69 Å². The van der Waals surface area contributed by atoms with Crippen LogP contribution in [-0.2, 0) is 4.79 Å². The van der Waals surface area contributed by atoms with Crippen LogP contribution in [-0.4, -0.2) is 24.0 Å². The summed E-state index contributed by atoms with van der Waals surface area (Å²) < 4.78 is 0. The number of carbonyl (C=O) groups excluding carboxylic acids is 1. The second kappa shape index (κ2) is 4.70. The third-order valence-electron chi connectivity index (χ3n) is 4.84. The summed E-state index contributed by atoms with van der Waals surface area (Å²) in [6.07, 6.45) is 2.60. The third kappa shape index (κ3) is 2.05. The monoisotopic (exact) mass is 283 g/mol. The number of rotatable bonds is 2. The summed E-state index contributed by atoms with van der Waals surface area (Å²) in [5, 5.41) is 7.81. The molecular formula is C16H17N3O2. The van der Waals surface area contributed by atoms with Crippen LogP contribution >= 0.6 is 0 Å². The molecule has 108 valence electrons. The average molecular weight is 283 g/mol. The van der Waals surface area contributed by atoms with Gasteiger partial charge in [0.05, 0.1) is 0 Å². The minimum absolute atomic E-state index is 0.101. The van der Waals surface area contributed by atoms with Crippen molar-refractivity contribution in [3.63, 3.8) is 0 Å². The van der Waals surface area contributed by atoms with Gasteiger partial charge < -0.3 is 15.6 Å². The minimum Gasteiger partial charge on any atom is -0.329 e. The van der Waals surface area contributed by atoms with E-state index in [0.717, 1.165) is 30.6 Å². The molecule has 0 bridgehead atoms. The van der Waals surface area contributed by atoms with Gasteiger partial charge in [0.15, 0.2) is 0 Å². The molecule has 0 radical (unpaired) electrons. The summed E-state index contributed by atoms with van der Waals surface area (Å²) in [4.78, 5) is 26.6. The molecule has 0 unspecified atom stereocenters. The van der Waals surface area contributed by atoms with E-state index < -0.39 is 0 Å². The van der Waals surface area contributed by atoms with Gasteiger partial charge in [-0.2, -0.15) is 0 Å². The Morgan fingerprint density at radius 3 is 3.00 bits per heavy atom. The average Bonchev–Trinajstić information content (AvgIpc) is 2.80. The van der Waals surface area contributed by atoms with Crippen molar-refractivity contribution in [3.8, 4) is 0 Å². The lowest BCUT2D eigenvalue weighted by molar-refractivity contribution is -0.126. The Morgan fingerprint density at radius 2 is 2.14 bits per heavy atom. The molecule has 2 fully saturated rings. The highest BCUT2D eigenvalue weighted by molar-refractivity contribution is 5.96. The van der Waals surface area contributed by atoms with Gasteiger partial charge in [0.25, 0.3) is 5.56 Å². The largest absolute Gasteiger partial charge is 0.329 e. The van der Waals surface area contributed by atoms with Crippen molar-refractivity contribution in [2.24, 2.45) is 17.8 Å². The molecule has 0 spiro atoms. The van der Waals surface area contributed by atoms with E-state index in [9.17, 15) is 9.59 Å². The SMILES string of the molecule is O=C(Nc1ccc2c(=O)[nH]ccc2c1)[C@@H]1C[C@@H]2CNC[C@@H]21. The molecule has 1 aromatic heterocycles. The number of nitrogens with one attached hydrogen (secondary N) is 3. The topological polar surface area (TPSA) is 74.0 Å². The number of amides is 1. The zero-order valence-electron chi connectivity index (χ0n) is 11.6. The summed E-state index contributed by atoms with van der Waals surface area (Å²) in [6, 6.07) is 7.24. The molecule has 1 saturated heterocycles. The van der Waals surface area contributed by atoms with Crippen LogP contribution in [0.2, 0.25) is 0 Å². The molecule has 21 heavy (non-hydrogen) atoms. The van der Waals surface area contributed by atoms with Crippen LogP contribution in [0.5, 0.6) is 0 Å². The van der Waals surface area contributed by atoms with Crippen LogP contribution in [0, 0.1) is 17.8 Å². The van der Waals surface area contributed by atoms with Crippen molar-refractivity contribution < 1.29 is 4.79 Å². The van der Waals surface area contributed by atoms with Crippen molar-refractivity contribution in [2.45, 2.75) is 6.42 Å². The van der Waals surface area contributed by atoms with Gasteiger partial charge >= 0.3 is 0 Å². The molecule has 2 heterocycles. The highest BCUT2D eigenvalue weighted by Crippen LogP contribution is 2.43. The Balaban J connectivity index is 1.54. The van der Waals surface area contributed by atoms with Gasteiger partial charge in [0.2, 0.25) is 5.91 Å². The zero-order chi connectivity index (χ0) is 14.4. The fourth-order valence-electron chi connectivity index (χ4n) is 3.59. The predicted octanol–water partition coefficient (Wildman–Crippen LogP) is 1.32. The normalized spacial score (nSPS) is 27.1. The highest BCUT2D eigenvalue weighted by atomic mass is 16.2. The quantitative estimate of drug-likeness (QED) is 0.778. The summed E-state index contributed by atoms with van der Waals surface area (Å²) in [5.41, 5.74) is 0.650. The molecule has 2 aliphatic rings. The maximum atomic E-state index is 12.3. The van der Waals surface area contributed by atoms with E-state index in [-0.39, 0.29) is 17.4 Å². The Kier molecular flexibility index (Phi) is 2.82. The number of hydrogen-bond acceptors (Lipinski definition) is 3. The lowest BCUT2D eigenvalue weighted by Crippen LogP contribution is -2.43. The number of benzene rings is 1. The second-order valence-corrected chi connectivity index (χ2v) is 6.02. The number of H-pyrrole nitrogens is 1. The molecule has 5 heteroatoms. The lowest BCUT2D eigenvalue weighted by Gasteiger charge is -2.38. The van der Waals surface area contributed by atoms with Crippen LogP contribution in [0.15, 0.2) is 35.3 Å². The number of hydrogen-bond donors (Lipinski definition) is 3. The third-order valence-corrected chi connectivity index (χ3v) is 4.84. The van der Waals surface area contributed by atoms with Gasteiger partial charge in [-0.1, -0.05) is 0 Å². The van der Waals surface area contributed by atoms with Gasteiger partial charge in [-0.25, -0.2) is 0 Å². The van der Waals surface area contributed by atoms with Crippen molar-refractivity contribution in [1.82, 2.24) is 10.3 Å². The van der Waals surface area contributed by atoms with E-state index in [1.54, 1.807) is 18.3 Å². The number of pyridine rings is 1. The number of aromatic nitrogens is 1. The molecule has 3 atom stereocenters. The van der Waals surface area contributed by atoms with E-state index in [1.165, 1.54) is 0 Å². The van der Waals surface area contributed by atoms with Crippen molar-refractivity contribution in [3.05, 3.63) is 40.8 Å². The molecule has 1 aliphatic heterocycles. The molecule has 4 rings (SSSR count). The first-order valence-electron chi connectivity index (χ1n) is 7.35. The van der Waals surface area contributed by atoms with Gasteiger partial charge in [0, 0.05) is 23.2 Å². The van der Waals surface area contributed by atoms with Crippen LogP contribution < -0.4 is 16.2 Å². The fraction of sp³-hybridized carbons (Fsp3) is 0.375. The molecule has 2 aromatic rings. The standard InChI is InChI=1S/C16H17N3O2/c20-15-12-2-1-11(5-9(12)3-4-18-15)19-16(21)13-6-10-7-17-8-14(10)13/h1-5,10,13-14,17H,6-8H2,(H,18,20)(H,19,21)/t10-,13-,14+/m1/s1. The van der Waals surface area contributed by atoms with E-state index >= 15 is 0 Å². The maximum Gasteiger partial charge on any atom is 0.255 e. The molecular weight excluding hydrogens is 266 g/mol. The number of carbonyl (C=O) groups is 1. The van der Waals surface area contributed by atoms with E-state index in [0.29, 0.717) is 17.2 Å². The van der Waals surface area contributed by atoms with Gasteiger partial charge in [-0.05, 0) is 61.0 Å². The molecule has 1 amide bonds. The molecule has 3 N–H and O–H groups in total. The Morgan fingerprint density at radius 1 is 1.24 bits per heavy atom. The van der Waals surface area contributed by atoms with Crippen molar-refractivity contribution >= 4 is 22.4 Å². The minimum atomic E-state index is -0.107. The first-order valence-corrected chi connectivity index (χ1v) is 7.35. The van der Waals surface area contributed by atoms with Crippen molar-refractivity contribution in [1.29, 1.82) is 0 Å². The van der Waals surface area contributed by atoms with Gasteiger partial charge in [-0.15, -0.1) is 0 Å². The Hall–Kier alpha value is -2.14. The fourth-order valence-corrected chi connectivity index (χ4v) is 3.59. The number of anilines is 1. The summed E-state index contributed by atoms with van der Waals surface area (Å²) in [6.45, 7) is 2.00. The lowest BCUT2D eigenvalue weighted by atomic mass is 9.66. The second-order valence-electron chi connectivity index (χ2n) is 6.02. The molecule has 1 saturated carbocycles. The van der Waals surface area contributed by atoms with Gasteiger partial charge in [0.1, 0.15) is 0 Å². The number of fused-ring (bicyclic) bond motifs is 2. The first kappa shape index (κ1) is 12.6. The summed E-state index contributed by atoms with van der Waals surface area (Å²) in [7, 11) is 0. The zero-order valence-corrected chi connectivity index (χ0v) is 11.6. The Labute approximate surface area is 121 Å². The summed E-state index contributed by atoms with van der Waals surface area (Å²) >= 11 is 0. The van der Waals surface area contributed by atoms with E-state index in [2.05, 4.69) is 15.6 Å².